The number of phenols is 2. The Bertz CT molecular complexity index is 664. The molecule has 2 rings (SSSR count). The van der Waals surface area contributed by atoms with E-state index in [9.17, 15) is 19.8 Å². The molecule has 0 aliphatic heterocycles. The molecule has 1 aromatic carbocycles. The van der Waals surface area contributed by atoms with Gasteiger partial charge in [0.25, 0.3) is 5.91 Å². The van der Waals surface area contributed by atoms with Gasteiger partial charge in [0.15, 0.2) is 0 Å². The molecule has 0 spiro atoms. The number of anilines is 1. The first-order chi connectivity index (χ1) is 9.45. The van der Waals surface area contributed by atoms with Gasteiger partial charge in [-0.1, -0.05) is 0 Å². The summed E-state index contributed by atoms with van der Waals surface area (Å²) in [6, 6.07) is 6.06. The molecule has 0 saturated heterocycles. The van der Waals surface area contributed by atoms with Crippen LogP contribution in [0.3, 0.4) is 0 Å². The Labute approximate surface area is 113 Å². The lowest BCUT2D eigenvalue weighted by Gasteiger charge is -2.06. The van der Waals surface area contributed by atoms with Gasteiger partial charge in [0.1, 0.15) is 17.2 Å². The first kappa shape index (κ1) is 13.3. The molecule has 4 N–H and O–H groups in total. The highest BCUT2D eigenvalue weighted by atomic mass is 16.4. The fraction of sp³-hybridized carbons (Fsp3) is 0. The van der Waals surface area contributed by atoms with Crippen molar-refractivity contribution in [3.8, 4) is 11.5 Å². The van der Waals surface area contributed by atoms with Gasteiger partial charge >= 0.3 is 5.97 Å². The number of pyridine rings is 1. The summed E-state index contributed by atoms with van der Waals surface area (Å²) in [4.78, 5) is 26.3. The highest BCUT2D eigenvalue weighted by Gasteiger charge is 2.11. The minimum absolute atomic E-state index is 0.0381. The van der Waals surface area contributed by atoms with Gasteiger partial charge in [0.2, 0.25) is 0 Å². The van der Waals surface area contributed by atoms with E-state index in [1.54, 1.807) is 0 Å². The first-order valence-electron chi connectivity index (χ1n) is 5.49. The molecule has 0 atom stereocenters. The van der Waals surface area contributed by atoms with E-state index in [4.69, 9.17) is 5.11 Å². The van der Waals surface area contributed by atoms with Crippen molar-refractivity contribution in [3.63, 3.8) is 0 Å². The van der Waals surface area contributed by atoms with Crippen LogP contribution in [0.5, 0.6) is 11.5 Å². The van der Waals surface area contributed by atoms with Crippen molar-refractivity contribution < 1.29 is 24.9 Å². The smallest absolute Gasteiger partial charge is 0.354 e. The molecule has 0 fully saturated rings. The van der Waals surface area contributed by atoms with Crippen LogP contribution in [0.1, 0.15) is 20.8 Å². The SMILES string of the molecule is O=C(Nc1ccnc(C(=O)O)c1)c1cc(O)cc(O)c1. The van der Waals surface area contributed by atoms with Crippen LogP contribution < -0.4 is 5.32 Å². The lowest BCUT2D eigenvalue weighted by molar-refractivity contribution is 0.0690. The number of rotatable bonds is 3. The van der Waals surface area contributed by atoms with E-state index in [0.717, 1.165) is 6.07 Å². The second-order valence-corrected chi connectivity index (χ2v) is 3.93. The molecule has 20 heavy (non-hydrogen) atoms. The third kappa shape index (κ3) is 3.02. The van der Waals surface area contributed by atoms with Gasteiger partial charge in [-0.25, -0.2) is 9.78 Å². The van der Waals surface area contributed by atoms with Crippen LogP contribution in [0, 0.1) is 0 Å². The fourth-order valence-corrected chi connectivity index (χ4v) is 1.55. The van der Waals surface area contributed by atoms with Crippen LogP contribution in [0.2, 0.25) is 0 Å². The van der Waals surface area contributed by atoms with Crippen LogP contribution in [0.15, 0.2) is 36.5 Å². The van der Waals surface area contributed by atoms with Crippen molar-refractivity contribution in [3.05, 3.63) is 47.8 Å². The fourth-order valence-electron chi connectivity index (χ4n) is 1.55. The number of carboxylic acids is 1. The normalized spacial score (nSPS) is 10.0. The summed E-state index contributed by atoms with van der Waals surface area (Å²) in [6.07, 6.45) is 1.25. The average Bonchev–Trinajstić information content (AvgIpc) is 2.37. The van der Waals surface area contributed by atoms with Gasteiger partial charge in [-0.3, -0.25) is 4.79 Å². The number of carbonyl (C=O) groups excluding carboxylic acids is 1. The van der Waals surface area contributed by atoms with Crippen LogP contribution in [0.4, 0.5) is 5.69 Å². The van der Waals surface area contributed by atoms with Gasteiger partial charge in [-0.2, -0.15) is 0 Å². The summed E-state index contributed by atoms with van der Waals surface area (Å²) in [5, 5.41) is 29.8. The molecule has 1 heterocycles. The number of hydrogen-bond donors (Lipinski definition) is 4. The zero-order chi connectivity index (χ0) is 14.7. The molecule has 7 heteroatoms. The quantitative estimate of drug-likeness (QED) is 0.672. The molecule has 1 aromatic heterocycles. The van der Waals surface area contributed by atoms with Crippen LogP contribution >= 0.6 is 0 Å². The molecule has 0 aliphatic rings. The summed E-state index contributed by atoms with van der Waals surface area (Å²) in [6.45, 7) is 0. The molecule has 0 unspecified atom stereocenters. The third-order valence-corrected chi connectivity index (χ3v) is 2.40. The average molecular weight is 274 g/mol. The minimum Gasteiger partial charge on any atom is -0.508 e. The number of aromatic nitrogens is 1. The molecule has 0 saturated carbocycles. The molecule has 1 amide bonds. The molecule has 0 radical (unpaired) electrons. The number of benzene rings is 1. The van der Waals surface area contributed by atoms with Gasteiger partial charge in [-0.15, -0.1) is 0 Å². The lowest BCUT2D eigenvalue weighted by atomic mass is 10.2. The number of hydrogen-bond acceptors (Lipinski definition) is 5. The number of aromatic hydroxyl groups is 2. The maximum atomic E-state index is 11.9. The van der Waals surface area contributed by atoms with E-state index in [1.165, 1.54) is 30.5 Å². The Balaban J connectivity index is 2.23. The highest BCUT2D eigenvalue weighted by molar-refractivity contribution is 6.05. The van der Waals surface area contributed by atoms with E-state index >= 15 is 0 Å². The number of nitrogens with zero attached hydrogens (tertiary/aromatic N) is 1. The van der Waals surface area contributed by atoms with Crippen molar-refractivity contribution in [1.29, 1.82) is 0 Å². The van der Waals surface area contributed by atoms with Gasteiger partial charge in [0, 0.05) is 23.5 Å². The van der Waals surface area contributed by atoms with Crippen molar-refractivity contribution in [2.45, 2.75) is 0 Å². The lowest BCUT2D eigenvalue weighted by Crippen LogP contribution is -2.12. The van der Waals surface area contributed by atoms with E-state index in [0.29, 0.717) is 0 Å². The second kappa shape index (κ2) is 5.27. The van der Waals surface area contributed by atoms with Crippen molar-refractivity contribution in [2.24, 2.45) is 0 Å². The van der Waals surface area contributed by atoms with E-state index in [-0.39, 0.29) is 28.4 Å². The monoisotopic (exact) mass is 274 g/mol. The Morgan fingerprint density at radius 1 is 1.05 bits per heavy atom. The summed E-state index contributed by atoms with van der Waals surface area (Å²) in [5.74, 6) is -2.32. The molecular formula is C13H10N2O5. The second-order valence-electron chi connectivity index (χ2n) is 3.93. The van der Waals surface area contributed by atoms with E-state index in [1.807, 2.05) is 0 Å². The topological polar surface area (TPSA) is 120 Å². The van der Waals surface area contributed by atoms with Crippen LogP contribution in [-0.2, 0) is 0 Å². The summed E-state index contributed by atoms with van der Waals surface area (Å²) in [7, 11) is 0. The number of phenolic OH excluding ortho intramolecular Hbond substituents is 2. The Kier molecular flexibility index (Phi) is 3.52. The third-order valence-electron chi connectivity index (χ3n) is 2.40. The Hall–Kier alpha value is -3.09. The standard InChI is InChI=1S/C13H10N2O5/c16-9-3-7(4-10(17)6-9)12(18)15-8-1-2-14-11(5-8)13(19)20/h1-6,16-17H,(H,19,20)(H,14,15,18). The van der Waals surface area contributed by atoms with E-state index < -0.39 is 11.9 Å². The van der Waals surface area contributed by atoms with Gasteiger partial charge in [-0.05, 0) is 24.3 Å². The van der Waals surface area contributed by atoms with Crippen LogP contribution in [-0.4, -0.2) is 32.2 Å². The maximum Gasteiger partial charge on any atom is 0.354 e. The number of carbonyl (C=O) groups is 2. The summed E-state index contributed by atoms with van der Waals surface area (Å²) >= 11 is 0. The molecule has 0 bridgehead atoms. The highest BCUT2D eigenvalue weighted by Crippen LogP contribution is 2.21. The summed E-state index contributed by atoms with van der Waals surface area (Å²) in [5.41, 5.74) is 0.0722. The predicted molar refractivity (Wildman–Crippen MR) is 68.9 cm³/mol. The van der Waals surface area contributed by atoms with E-state index in [2.05, 4.69) is 10.3 Å². The Morgan fingerprint density at radius 3 is 2.30 bits per heavy atom. The van der Waals surface area contributed by atoms with Crippen molar-refractivity contribution in [2.75, 3.05) is 5.32 Å². The van der Waals surface area contributed by atoms with Crippen LogP contribution in [0.25, 0.3) is 0 Å². The Morgan fingerprint density at radius 2 is 1.70 bits per heavy atom. The molecule has 7 nitrogen and oxygen atoms in total. The number of aromatic carboxylic acids is 1. The van der Waals surface area contributed by atoms with Gasteiger partial charge in [0.05, 0.1) is 0 Å². The largest absolute Gasteiger partial charge is 0.508 e. The van der Waals surface area contributed by atoms with Crippen molar-refractivity contribution >= 4 is 17.6 Å². The van der Waals surface area contributed by atoms with Gasteiger partial charge < -0.3 is 20.6 Å². The number of nitrogens with one attached hydrogen (secondary N) is 1. The molecule has 0 aliphatic carbocycles. The maximum absolute atomic E-state index is 11.9. The zero-order valence-corrected chi connectivity index (χ0v) is 10.1. The number of amides is 1. The zero-order valence-electron chi connectivity index (χ0n) is 10.1. The van der Waals surface area contributed by atoms with Crippen molar-refractivity contribution in [1.82, 2.24) is 4.98 Å². The predicted octanol–water partition coefficient (Wildman–Crippen LogP) is 1.44. The first-order valence-corrected chi connectivity index (χ1v) is 5.49. The molecule has 2 aromatic rings. The number of carboxylic acid groups (broad SMARTS) is 1. The molecular weight excluding hydrogens is 264 g/mol. The summed E-state index contributed by atoms with van der Waals surface area (Å²) < 4.78 is 0. The molecule has 102 valence electrons. The minimum atomic E-state index is -1.21.